The van der Waals surface area contributed by atoms with Gasteiger partial charge < -0.3 is 5.32 Å². The van der Waals surface area contributed by atoms with E-state index in [9.17, 15) is 0 Å². The van der Waals surface area contributed by atoms with Gasteiger partial charge in [-0.3, -0.25) is 4.98 Å². The number of nitrogens with zero attached hydrogens (tertiary/aromatic N) is 1. The third-order valence-electron chi connectivity index (χ3n) is 3.33. The molecule has 0 saturated heterocycles. The Labute approximate surface area is 108 Å². The molecule has 0 radical (unpaired) electrons. The standard InChI is InChI=1S/C16H18N2/c1-12(11-18-14-6-7-14)10-13-8-9-17-16-5-3-2-4-15(13)16/h2-5,8-10,14,18H,6-7,11H2,1H3. The number of pyridine rings is 1. The maximum absolute atomic E-state index is 4.39. The second-order valence-electron chi connectivity index (χ2n) is 5.06. The molecular weight excluding hydrogens is 220 g/mol. The van der Waals surface area contributed by atoms with E-state index in [-0.39, 0.29) is 0 Å². The average molecular weight is 238 g/mol. The molecule has 1 saturated carbocycles. The number of hydrogen-bond donors (Lipinski definition) is 1. The fraction of sp³-hybridized carbons (Fsp3) is 0.312. The fourth-order valence-electron chi connectivity index (χ4n) is 2.15. The van der Waals surface area contributed by atoms with Crippen molar-refractivity contribution in [2.45, 2.75) is 25.8 Å². The fourth-order valence-corrected chi connectivity index (χ4v) is 2.15. The Morgan fingerprint density at radius 1 is 1.33 bits per heavy atom. The topological polar surface area (TPSA) is 24.9 Å². The molecule has 0 amide bonds. The summed E-state index contributed by atoms with van der Waals surface area (Å²) in [5.74, 6) is 0. The highest BCUT2D eigenvalue weighted by Crippen LogP contribution is 2.20. The maximum Gasteiger partial charge on any atom is 0.0707 e. The zero-order chi connectivity index (χ0) is 12.4. The van der Waals surface area contributed by atoms with Gasteiger partial charge in [0.25, 0.3) is 0 Å². The second-order valence-corrected chi connectivity index (χ2v) is 5.06. The number of benzene rings is 1. The smallest absolute Gasteiger partial charge is 0.0707 e. The Bertz CT molecular complexity index is 577. The Morgan fingerprint density at radius 2 is 2.17 bits per heavy atom. The minimum absolute atomic E-state index is 0.766. The second kappa shape index (κ2) is 4.91. The van der Waals surface area contributed by atoms with Crippen molar-refractivity contribution in [1.29, 1.82) is 0 Å². The highest BCUT2D eigenvalue weighted by Gasteiger charge is 2.19. The third kappa shape index (κ3) is 2.59. The summed E-state index contributed by atoms with van der Waals surface area (Å²) in [6, 6.07) is 11.1. The van der Waals surface area contributed by atoms with Crippen molar-refractivity contribution in [3.63, 3.8) is 0 Å². The van der Waals surface area contributed by atoms with Gasteiger partial charge in [0.15, 0.2) is 0 Å². The van der Waals surface area contributed by atoms with Gasteiger partial charge in [0.1, 0.15) is 0 Å². The number of nitrogens with one attached hydrogen (secondary N) is 1. The molecule has 2 heteroatoms. The number of fused-ring (bicyclic) bond motifs is 1. The molecule has 2 aromatic rings. The Balaban J connectivity index is 1.86. The van der Waals surface area contributed by atoms with E-state index in [0.717, 1.165) is 18.1 Å². The molecule has 1 N–H and O–H groups in total. The molecular formula is C16H18N2. The molecule has 0 bridgehead atoms. The van der Waals surface area contributed by atoms with Crippen LogP contribution in [0.15, 0.2) is 42.1 Å². The summed E-state index contributed by atoms with van der Waals surface area (Å²) < 4.78 is 0. The van der Waals surface area contributed by atoms with Crippen LogP contribution in [0.1, 0.15) is 25.3 Å². The summed E-state index contributed by atoms with van der Waals surface area (Å²) in [5.41, 5.74) is 3.70. The lowest BCUT2D eigenvalue weighted by Crippen LogP contribution is -2.18. The van der Waals surface area contributed by atoms with Crippen molar-refractivity contribution in [2.24, 2.45) is 0 Å². The molecule has 1 fully saturated rings. The molecule has 0 atom stereocenters. The average Bonchev–Trinajstić information content (AvgIpc) is 3.21. The summed E-state index contributed by atoms with van der Waals surface area (Å²) in [7, 11) is 0. The first-order valence-corrected chi connectivity index (χ1v) is 6.57. The molecule has 3 rings (SSSR count). The minimum atomic E-state index is 0.766. The minimum Gasteiger partial charge on any atom is -0.310 e. The van der Waals surface area contributed by atoms with Crippen LogP contribution in [-0.4, -0.2) is 17.6 Å². The molecule has 1 aromatic carbocycles. The van der Waals surface area contributed by atoms with Gasteiger partial charge in [0.05, 0.1) is 5.52 Å². The lowest BCUT2D eigenvalue weighted by Gasteiger charge is -2.05. The Morgan fingerprint density at radius 3 is 3.00 bits per heavy atom. The van der Waals surface area contributed by atoms with Gasteiger partial charge in [-0.1, -0.05) is 29.8 Å². The van der Waals surface area contributed by atoms with E-state index in [1.165, 1.54) is 29.4 Å². The maximum atomic E-state index is 4.39. The number of para-hydroxylation sites is 1. The normalized spacial score (nSPS) is 16.2. The van der Waals surface area contributed by atoms with Crippen molar-refractivity contribution in [2.75, 3.05) is 6.54 Å². The SMILES string of the molecule is CC(=Cc1ccnc2ccccc12)CNC1CC1. The zero-order valence-electron chi connectivity index (χ0n) is 10.7. The van der Waals surface area contributed by atoms with Crippen molar-refractivity contribution < 1.29 is 0 Å². The predicted molar refractivity (Wildman–Crippen MR) is 76.4 cm³/mol. The Hall–Kier alpha value is -1.67. The number of hydrogen-bond acceptors (Lipinski definition) is 2. The van der Waals surface area contributed by atoms with Crippen molar-refractivity contribution in [1.82, 2.24) is 10.3 Å². The molecule has 0 aliphatic heterocycles. The first kappa shape index (κ1) is 11.4. The molecule has 1 aliphatic carbocycles. The molecule has 1 aromatic heterocycles. The summed E-state index contributed by atoms with van der Waals surface area (Å²) in [4.78, 5) is 4.39. The van der Waals surface area contributed by atoms with E-state index in [0.29, 0.717) is 0 Å². The molecule has 0 unspecified atom stereocenters. The quantitative estimate of drug-likeness (QED) is 0.883. The number of aromatic nitrogens is 1. The van der Waals surface area contributed by atoms with E-state index in [4.69, 9.17) is 0 Å². The molecule has 1 aliphatic rings. The van der Waals surface area contributed by atoms with Gasteiger partial charge in [-0.2, -0.15) is 0 Å². The zero-order valence-corrected chi connectivity index (χ0v) is 10.7. The van der Waals surface area contributed by atoms with Gasteiger partial charge in [0, 0.05) is 24.2 Å². The predicted octanol–water partition coefficient (Wildman–Crippen LogP) is 3.39. The van der Waals surface area contributed by atoms with Crippen LogP contribution < -0.4 is 5.32 Å². The molecule has 1 heterocycles. The largest absolute Gasteiger partial charge is 0.310 e. The van der Waals surface area contributed by atoms with Crippen LogP contribution in [0.5, 0.6) is 0 Å². The van der Waals surface area contributed by atoms with Crippen LogP contribution in [0.25, 0.3) is 17.0 Å². The van der Waals surface area contributed by atoms with Gasteiger partial charge in [-0.25, -0.2) is 0 Å². The van der Waals surface area contributed by atoms with Crippen LogP contribution in [0.3, 0.4) is 0 Å². The van der Waals surface area contributed by atoms with Crippen molar-refractivity contribution in [3.05, 3.63) is 47.7 Å². The monoisotopic (exact) mass is 238 g/mol. The molecule has 0 spiro atoms. The highest BCUT2D eigenvalue weighted by atomic mass is 14.9. The summed E-state index contributed by atoms with van der Waals surface area (Å²) in [5, 5.41) is 4.77. The summed E-state index contributed by atoms with van der Waals surface area (Å²) in [6.45, 7) is 3.17. The van der Waals surface area contributed by atoms with Gasteiger partial charge in [-0.15, -0.1) is 0 Å². The van der Waals surface area contributed by atoms with Crippen LogP contribution >= 0.6 is 0 Å². The lowest BCUT2D eigenvalue weighted by atomic mass is 10.1. The van der Waals surface area contributed by atoms with Crippen molar-refractivity contribution in [3.8, 4) is 0 Å². The Kier molecular flexibility index (Phi) is 3.11. The first-order valence-electron chi connectivity index (χ1n) is 6.57. The van der Waals surface area contributed by atoms with Gasteiger partial charge >= 0.3 is 0 Å². The van der Waals surface area contributed by atoms with Crippen LogP contribution in [0.4, 0.5) is 0 Å². The van der Waals surface area contributed by atoms with E-state index in [2.05, 4.69) is 47.6 Å². The van der Waals surface area contributed by atoms with E-state index >= 15 is 0 Å². The van der Waals surface area contributed by atoms with Gasteiger partial charge in [-0.05, 0) is 37.5 Å². The van der Waals surface area contributed by atoms with Crippen LogP contribution in [-0.2, 0) is 0 Å². The van der Waals surface area contributed by atoms with Gasteiger partial charge in [0.2, 0.25) is 0 Å². The van der Waals surface area contributed by atoms with E-state index < -0.39 is 0 Å². The summed E-state index contributed by atoms with van der Waals surface area (Å²) in [6.07, 6.45) is 6.83. The van der Waals surface area contributed by atoms with E-state index in [1.807, 2.05) is 12.3 Å². The summed E-state index contributed by atoms with van der Waals surface area (Å²) >= 11 is 0. The van der Waals surface area contributed by atoms with Crippen LogP contribution in [0, 0.1) is 0 Å². The van der Waals surface area contributed by atoms with E-state index in [1.54, 1.807) is 0 Å². The number of rotatable bonds is 4. The molecule has 2 nitrogen and oxygen atoms in total. The highest BCUT2D eigenvalue weighted by molar-refractivity contribution is 5.87. The molecule has 18 heavy (non-hydrogen) atoms. The lowest BCUT2D eigenvalue weighted by molar-refractivity contribution is 0.736. The van der Waals surface area contributed by atoms with Crippen molar-refractivity contribution >= 4 is 17.0 Å². The first-order chi connectivity index (χ1) is 8.83. The molecule has 92 valence electrons. The van der Waals surface area contributed by atoms with Crippen LogP contribution in [0.2, 0.25) is 0 Å². The third-order valence-corrected chi connectivity index (χ3v) is 3.33.